The van der Waals surface area contributed by atoms with E-state index in [1.807, 2.05) is 48.2 Å². The van der Waals surface area contributed by atoms with Crippen LogP contribution in [0.5, 0.6) is 0 Å². The molecule has 0 radical (unpaired) electrons. The van der Waals surface area contributed by atoms with Crippen molar-refractivity contribution in [3.05, 3.63) is 65.2 Å². The maximum Gasteiger partial charge on any atom is 0.253 e. The molecule has 0 saturated carbocycles. The first-order valence-corrected chi connectivity index (χ1v) is 12.0. The molecule has 2 aromatic rings. The smallest absolute Gasteiger partial charge is 0.253 e. The standard InChI is InChI=1S/C27H35N3O2/c1-3-21-6-8-23(9-7-21)27(32)30-18-14-25(15-19-30)29-16-12-22(13-17-29)26(31)28-24-10-4-20(2)5-11-24/h4-11,22,25H,3,12-19H2,1-2H3,(H,28,31). The quantitative estimate of drug-likeness (QED) is 0.755. The molecule has 2 aliphatic rings. The third-order valence-electron chi connectivity index (χ3n) is 7.10. The van der Waals surface area contributed by atoms with Crippen LogP contribution in [0.3, 0.4) is 0 Å². The van der Waals surface area contributed by atoms with E-state index >= 15 is 0 Å². The van der Waals surface area contributed by atoms with Gasteiger partial charge in [-0.15, -0.1) is 0 Å². The molecule has 4 rings (SSSR count). The molecule has 0 spiro atoms. The highest BCUT2D eigenvalue weighted by atomic mass is 16.2. The monoisotopic (exact) mass is 433 g/mol. The number of hydrogen-bond donors (Lipinski definition) is 1. The topological polar surface area (TPSA) is 52.7 Å². The van der Waals surface area contributed by atoms with Gasteiger partial charge in [-0.05, 0) is 81.9 Å². The van der Waals surface area contributed by atoms with Crippen LogP contribution < -0.4 is 5.32 Å². The van der Waals surface area contributed by atoms with E-state index in [1.165, 1.54) is 11.1 Å². The highest BCUT2D eigenvalue weighted by Gasteiger charge is 2.31. The number of carbonyl (C=O) groups excluding carboxylic acids is 2. The highest BCUT2D eigenvalue weighted by molar-refractivity contribution is 5.94. The summed E-state index contributed by atoms with van der Waals surface area (Å²) in [7, 11) is 0. The molecule has 5 nitrogen and oxygen atoms in total. The first-order chi connectivity index (χ1) is 15.5. The molecule has 32 heavy (non-hydrogen) atoms. The zero-order valence-electron chi connectivity index (χ0n) is 19.3. The number of hydrogen-bond acceptors (Lipinski definition) is 3. The van der Waals surface area contributed by atoms with Gasteiger partial charge in [0.2, 0.25) is 5.91 Å². The molecule has 2 amide bonds. The Morgan fingerprint density at radius 3 is 2.09 bits per heavy atom. The second-order valence-electron chi connectivity index (χ2n) is 9.24. The second kappa shape index (κ2) is 10.3. The summed E-state index contributed by atoms with van der Waals surface area (Å²) in [6.45, 7) is 7.72. The number of amides is 2. The van der Waals surface area contributed by atoms with Crippen molar-refractivity contribution >= 4 is 17.5 Å². The number of likely N-dealkylation sites (tertiary alicyclic amines) is 2. The lowest BCUT2D eigenvalue weighted by atomic mass is 9.92. The van der Waals surface area contributed by atoms with E-state index in [-0.39, 0.29) is 17.7 Å². The number of anilines is 1. The van der Waals surface area contributed by atoms with Crippen molar-refractivity contribution in [2.24, 2.45) is 5.92 Å². The van der Waals surface area contributed by atoms with E-state index in [0.29, 0.717) is 6.04 Å². The Morgan fingerprint density at radius 1 is 0.875 bits per heavy atom. The van der Waals surface area contributed by atoms with Crippen molar-refractivity contribution in [1.29, 1.82) is 0 Å². The van der Waals surface area contributed by atoms with E-state index in [9.17, 15) is 9.59 Å². The fourth-order valence-electron chi connectivity index (χ4n) is 4.91. The van der Waals surface area contributed by atoms with Crippen molar-refractivity contribution in [3.8, 4) is 0 Å². The molecule has 0 unspecified atom stereocenters. The molecule has 0 aromatic heterocycles. The van der Waals surface area contributed by atoms with Crippen molar-refractivity contribution in [1.82, 2.24) is 9.80 Å². The minimum absolute atomic E-state index is 0.0836. The molecule has 2 aliphatic heterocycles. The lowest BCUT2D eigenvalue weighted by Crippen LogP contribution is -2.49. The zero-order chi connectivity index (χ0) is 22.5. The molecule has 1 N–H and O–H groups in total. The summed E-state index contributed by atoms with van der Waals surface area (Å²) in [6.07, 6.45) is 4.82. The Labute approximate surface area is 191 Å². The number of nitrogens with one attached hydrogen (secondary N) is 1. The van der Waals surface area contributed by atoms with Crippen molar-refractivity contribution in [2.75, 3.05) is 31.5 Å². The summed E-state index contributed by atoms with van der Waals surface area (Å²) in [5.41, 5.74) is 4.13. The first kappa shape index (κ1) is 22.5. The van der Waals surface area contributed by atoms with E-state index in [4.69, 9.17) is 0 Å². The lowest BCUT2D eigenvalue weighted by Gasteiger charge is -2.41. The van der Waals surface area contributed by atoms with E-state index < -0.39 is 0 Å². The number of rotatable bonds is 5. The number of benzene rings is 2. The van der Waals surface area contributed by atoms with Gasteiger partial charge in [-0.3, -0.25) is 9.59 Å². The second-order valence-corrected chi connectivity index (χ2v) is 9.24. The lowest BCUT2D eigenvalue weighted by molar-refractivity contribution is -0.121. The predicted octanol–water partition coefficient (Wildman–Crippen LogP) is 4.51. The van der Waals surface area contributed by atoms with Crippen LogP contribution in [0, 0.1) is 12.8 Å². The largest absolute Gasteiger partial charge is 0.339 e. The Morgan fingerprint density at radius 2 is 1.50 bits per heavy atom. The van der Waals surface area contributed by atoms with Crippen LogP contribution in [-0.4, -0.2) is 53.8 Å². The third kappa shape index (κ3) is 5.39. The average Bonchev–Trinajstić information content (AvgIpc) is 2.85. The summed E-state index contributed by atoms with van der Waals surface area (Å²) in [4.78, 5) is 30.0. The summed E-state index contributed by atoms with van der Waals surface area (Å²) in [5.74, 6) is 0.376. The van der Waals surface area contributed by atoms with Gasteiger partial charge in [-0.2, -0.15) is 0 Å². The molecule has 2 fully saturated rings. The zero-order valence-corrected chi connectivity index (χ0v) is 19.3. The molecular weight excluding hydrogens is 398 g/mol. The van der Waals surface area contributed by atoms with Gasteiger partial charge in [0.25, 0.3) is 5.91 Å². The van der Waals surface area contributed by atoms with Crippen LogP contribution >= 0.6 is 0 Å². The first-order valence-electron chi connectivity index (χ1n) is 12.0. The summed E-state index contributed by atoms with van der Waals surface area (Å²) in [6, 6.07) is 16.5. The van der Waals surface area contributed by atoms with E-state index in [0.717, 1.165) is 69.5 Å². The normalized spacial score (nSPS) is 18.5. The molecule has 0 bridgehead atoms. The summed E-state index contributed by atoms with van der Waals surface area (Å²) < 4.78 is 0. The van der Waals surface area contributed by atoms with Gasteiger partial charge >= 0.3 is 0 Å². The van der Waals surface area contributed by atoms with Gasteiger partial charge in [0.1, 0.15) is 0 Å². The van der Waals surface area contributed by atoms with E-state index in [2.05, 4.69) is 29.3 Å². The molecule has 170 valence electrons. The van der Waals surface area contributed by atoms with Gasteiger partial charge in [-0.25, -0.2) is 0 Å². The molecule has 2 aromatic carbocycles. The van der Waals surface area contributed by atoms with Crippen LogP contribution in [0.25, 0.3) is 0 Å². The van der Waals surface area contributed by atoms with Crippen LogP contribution in [0.2, 0.25) is 0 Å². The van der Waals surface area contributed by atoms with Gasteiger partial charge in [-0.1, -0.05) is 36.8 Å². The third-order valence-corrected chi connectivity index (χ3v) is 7.10. The van der Waals surface area contributed by atoms with Crippen LogP contribution in [0.4, 0.5) is 5.69 Å². The molecule has 0 aliphatic carbocycles. The van der Waals surface area contributed by atoms with Crippen molar-refractivity contribution < 1.29 is 9.59 Å². The Kier molecular flexibility index (Phi) is 7.26. The Balaban J connectivity index is 1.22. The number of aryl methyl sites for hydroxylation is 2. The predicted molar refractivity (Wildman–Crippen MR) is 129 cm³/mol. The SMILES string of the molecule is CCc1ccc(C(=O)N2CCC(N3CCC(C(=O)Nc4ccc(C)cc4)CC3)CC2)cc1. The fraction of sp³-hybridized carbons (Fsp3) is 0.481. The van der Waals surface area contributed by atoms with Crippen LogP contribution in [0.15, 0.2) is 48.5 Å². The van der Waals surface area contributed by atoms with Gasteiger partial charge in [0.15, 0.2) is 0 Å². The van der Waals surface area contributed by atoms with E-state index in [1.54, 1.807) is 0 Å². The molecular formula is C27H35N3O2. The summed E-state index contributed by atoms with van der Waals surface area (Å²) in [5, 5.41) is 3.07. The van der Waals surface area contributed by atoms with Crippen LogP contribution in [0.1, 0.15) is 54.1 Å². The summed E-state index contributed by atoms with van der Waals surface area (Å²) >= 11 is 0. The maximum atomic E-state index is 12.8. The van der Waals surface area contributed by atoms with Crippen molar-refractivity contribution in [3.63, 3.8) is 0 Å². The Bertz CT molecular complexity index is 907. The molecule has 0 atom stereocenters. The number of nitrogens with zero attached hydrogens (tertiary/aromatic N) is 2. The number of piperidine rings is 2. The molecule has 2 heterocycles. The van der Waals surface area contributed by atoms with Crippen molar-refractivity contribution in [2.45, 2.75) is 52.0 Å². The average molecular weight is 434 g/mol. The van der Waals surface area contributed by atoms with Crippen LogP contribution in [-0.2, 0) is 11.2 Å². The minimum Gasteiger partial charge on any atom is -0.339 e. The van der Waals surface area contributed by atoms with Gasteiger partial charge in [0, 0.05) is 36.3 Å². The minimum atomic E-state index is 0.0836. The fourth-order valence-corrected chi connectivity index (χ4v) is 4.91. The Hall–Kier alpha value is -2.66. The van der Waals surface area contributed by atoms with Gasteiger partial charge in [0.05, 0.1) is 0 Å². The van der Waals surface area contributed by atoms with Gasteiger partial charge < -0.3 is 15.1 Å². The molecule has 5 heteroatoms. The maximum absolute atomic E-state index is 12.8. The molecule has 2 saturated heterocycles. The highest BCUT2D eigenvalue weighted by Crippen LogP contribution is 2.25. The number of carbonyl (C=O) groups is 2.